The van der Waals surface area contributed by atoms with Crippen LogP contribution in [0.15, 0.2) is 157 Å². The zero-order valence-electron chi connectivity index (χ0n) is 34.0. The van der Waals surface area contributed by atoms with Crippen LogP contribution >= 0.6 is 22.7 Å². The Bertz CT molecular complexity index is 2790. The number of carboxylic acids is 2. The maximum atomic E-state index is 11.5. The summed E-state index contributed by atoms with van der Waals surface area (Å²) in [5.74, 6) is -2.51. The number of carboxylic acid groups (broad SMARTS) is 2. The average molecular weight is 846 g/mol. The average Bonchev–Trinajstić information content (AvgIpc) is 3.95. The van der Waals surface area contributed by atoms with Crippen molar-refractivity contribution in [2.75, 3.05) is 4.90 Å². The van der Waals surface area contributed by atoms with Gasteiger partial charge in [0.05, 0.1) is 12.3 Å². The molecule has 0 saturated heterocycles. The van der Waals surface area contributed by atoms with E-state index in [2.05, 4.69) is 103 Å². The van der Waals surface area contributed by atoms with Gasteiger partial charge in [-0.2, -0.15) is 5.26 Å². The highest BCUT2D eigenvalue weighted by Crippen LogP contribution is 2.41. The Hall–Kier alpha value is -7.82. The van der Waals surface area contributed by atoms with E-state index in [1.54, 1.807) is 6.07 Å². The molecule has 7 aromatic rings. The van der Waals surface area contributed by atoms with Gasteiger partial charge in [0.15, 0.2) is 0 Å². The zero-order chi connectivity index (χ0) is 43.8. The number of anilines is 3. The van der Waals surface area contributed by atoms with Gasteiger partial charge in [-0.3, -0.25) is 4.79 Å². The summed E-state index contributed by atoms with van der Waals surface area (Å²) < 4.78 is 0. The van der Waals surface area contributed by atoms with Gasteiger partial charge in [0.1, 0.15) is 11.6 Å². The topological polar surface area (TPSA) is 106 Å². The highest BCUT2D eigenvalue weighted by molar-refractivity contribution is 7.14. The molecule has 0 amide bonds. The van der Waals surface area contributed by atoms with Crippen molar-refractivity contribution >= 4 is 87.1 Å². The molecule has 0 spiro atoms. The summed E-state index contributed by atoms with van der Waals surface area (Å²) in [5, 5.41) is 28.2. The third-order valence-electron chi connectivity index (χ3n) is 9.99. The van der Waals surface area contributed by atoms with E-state index in [0.717, 1.165) is 71.3 Å². The van der Waals surface area contributed by atoms with Crippen LogP contribution in [0.25, 0.3) is 40.3 Å². The normalized spacial score (nSPS) is 12.1. The van der Waals surface area contributed by atoms with Crippen LogP contribution in [0.5, 0.6) is 0 Å². The molecule has 0 aliphatic carbocycles. The van der Waals surface area contributed by atoms with E-state index < -0.39 is 11.9 Å². The van der Waals surface area contributed by atoms with E-state index in [9.17, 15) is 25.1 Å². The number of nitriles is 1. The van der Waals surface area contributed by atoms with Gasteiger partial charge >= 0.3 is 11.9 Å². The van der Waals surface area contributed by atoms with Crippen LogP contribution in [0.3, 0.4) is 0 Å². The second-order valence-electron chi connectivity index (χ2n) is 14.4. The molecule has 5 aromatic carbocycles. The molecule has 0 atom stereocenters. The van der Waals surface area contributed by atoms with Crippen molar-refractivity contribution in [1.29, 1.82) is 5.26 Å². The number of benzene rings is 5. The Kier molecular flexibility index (Phi) is 13.0. The molecule has 0 unspecified atom stereocenters. The number of aliphatic carboxylic acids is 2. The smallest absolute Gasteiger partial charge is 0.346 e. The molecule has 302 valence electrons. The summed E-state index contributed by atoms with van der Waals surface area (Å²) in [7, 11) is 0. The van der Waals surface area contributed by atoms with Gasteiger partial charge < -0.3 is 15.1 Å². The molecule has 0 fully saturated rings. The lowest BCUT2D eigenvalue weighted by molar-refractivity contribution is -0.133. The van der Waals surface area contributed by atoms with Crippen molar-refractivity contribution in [1.82, 2.24) is 0 Å². The third-order valence-corrected chi connectivity index (χ3v) is 12.1. The van der Waals surface area contributed by atoms with Crippen LogP contribution < -0.4 is 4.90 Å². The number of rotatable bonds is 13. The summed E-state index contributed by atoms with van der Waals surface area (Å²) in [4.78, 5) is 31.8. The maximum Gasteiger partial charge on any atom is 0.346 e. The summed E-state index contributed by atoms with van der Waals surface area (Å²) in [6.45, 7) is 13.6. The molecule has 2 aromatic heterocycles. The summed E-state index contributed by atoms with van der Waals surface area (Å²) in [6, 6.07) is 50.7. The second kappa shape index (κ2) is 19.1. The van der Waals surface area contributed by atoms with Gasteiger partial charge in [-0.1, -0.05) is 103 Å². The first-order chi connectivity index (χ1) is 30.0. The molecule has 0 bridgehead atoms. The molecule has 0 saturated carbocycles. The van der Waals surface area contributed by atoms with Gasteiger partial charge in [-0.15, -0.1) is 22.7 Å². The van der Waals surface area contributed by atoms with Crippen molar-refractivity contribution in [3.05, 3.63) is 227 Å². The quantitative estimate of drug-likeness (QED) is 0.0518. The lowest BCUT2D eigenvalue weighted by Crippen LogP contribution is -2.13. The number of carbonyl (C=O) groups is 2. The van der Waals surface area contributed by atoms with Crippen molar-refractivity contribution in [2.24, 2.45) is 0 Å². The minimum Gasteiger partial charge on any atom is -0.486 e. The van der Waals surface area contributed by atoms with Crippen LogP contribution in [0.4, 0.5) is 17.1 Å². The first-order valence-corrected chi connectivity index (χ1v) is 21.1. The van der Waals surface area contributed by atoms with Gasteiger partial charge in [-0.05, 0) is 138 Å². The predicted octanol–water partition coefficient (Wildman–Crippen LogP) is 13.7. The Morgan fingerprint density at radius 1 is 0.613 bits per heavy atom. The number of thiophene rings is 2. The fourth-order valence-corrected chi connectivity index (χ4v) is 9.22. The van der Waals surface area contributed by atoms with E-state index in [-0.39, 0.29) is 11.3 Å². The van der Waals surface area contributed by atoms with E-state index in [4.69, 9.17) is 6.57 Å². The van der Waals surface area contributed by atoms with Crippen LogP contribution in [-0.4, -0.2) is 22.2 Å². The van der Waals surface area contributed by atoms with E-state index in [1.807, 2.05) is 84.9 Å². The standard InChI is InChI=1S/C53H39N3O4S2/c1-34-27-35(2)51(36(3)28-34)56(42-19-15-37(16-20-42)29-46(39-11-7-5-8-12-39)49-25-23-44(61-49)31-41(33-54)52(57)58)43-21-17-38(18-22-43)30-47(40-13-9-6-10-14-40)50-26-24-45(62-50)32-48(55-4)53(59)60/h5-32H,1-3H3,(H,57,58)(H,59,60)/b41-31+,46-29+,47-30+,48-32-. The third kappa shape index (κ3) is 9.79. The molecule has 7 rings (SSSR count). The monoisotopic (exact) mass is 845 g/mol. The Balaban J connectivity index is 1.27. The first-order valence-electron chi connectivity index (χ1n) is 19.5. The van der Waals surface area contributed by atoms with Gasteiger partial charge in [0.2, 0.25) is 0 Å². The summed E-state index contributed by atoms with van der Waals surface area (Å²) >= 11 is 2.86. The van der Waals surface area contributed by atoms with Crippen LogP contribution in [0.2, 0.25) is 0 Å². The van der Waals surface area contributed by atoms with Crippen molar-refractivity contribution in [2.45, 2.75) is 20.8 Å². The second-order valence-corrected chi connectivity index (χ2v) is 16.7. The predicted molar refractivity (Wildman–Crippen MR) is 254 cm³/mol. The Morgan fingerprint density at radius 2 is 1.06 bits per heavy atom. The molecule has 0 radical (unpaired) electrons. The molecule has 7 nitrogen and oxygen atoms in total. The highest BCUT2D eigenvalue weighted by atomic mass is 32.1. The lowest BCUT2D eigenvalue weighted by atomic mass is 9.99. The Morgan fingerprint density at radius 3 is 1.47 bits per heavy atom. The molecule has 62 heavy (non-hydrogen) atoms. The molecular weight excluding hydrogens is 807 g/mol. The summed E-state index contributed by atoms with van der Waals surface area (Å²) in [5.41, 5.74) is 11.8. The van der Waals surface area contributed by atoms with E-state index >= 15 is 0 Å². The van der Waals surface area contributed by atoms with Crippen molar-refractivity contribution in [3.63, 3.8) is 0 Å². The van der Waals surface area contributed by atoms with Crippen molar-refractivity contribution < 1.29 is 19.8 Å². The minimum absolute atomic E-state index is 0.315. The van der Waals surface area contributed by atoms with Crippen LogP contribution in [-0.2, 0) is 9.59 Å². The highest BCUT2D eigenvalue weighted by Gasteiger charge is 2.19. The fraction of sp³-hybridized carbons (Fsp3) is 0.0566. The maximum absolute atomic E-state index is 11.5. The van der Waals surface area contributed by atoms with Gasteiger partial charge in [0.25, 0.3) is 5.70 Å². The fourth-order valence-electron chi connectivity index (χ4n) is 7.24. The molecule has 0 aliphatic rings. The molecule has 2 heterocycles. The number of aryl methyl sites for hydroxylation is 3. The SMILES string of the molecule is [C-]#[N+]/C(=C\c1ccc(/C(=C/c2ccc(N(c3ccc(/C=C(\c4ccccc4)c4ccc(/C=C(\C#N)C(=O)O)s4)cc3)c3c(C)cc(C)cc3C)cc2)c2ccccc2)s1)C(=O)O. The molecule has 2 N–H and O–H groups in total. The van der Waals surface area contributed by atoms with Crippen LogP contribution in [0.1, 0.15) is 58.5 Å². The van der Waals surface area contributed by atoms with E-state index in [0.29, 0.717) is 9.75 Å². The lowest BCUT2D eigenvalue weighted by Gasteiger charge is -2.29. The Labute approximate surface area is 368 Å². The first kappa shape index (κ1) is 42.3. The largest absolute Gasteiger partial charge is 0.486 e. The van der Waals surface area contributed by atoms with Gasteiger partial charge in [-0.25, -0.2) is 9.64 Å². The number of hydrogen-bond donors (Lipinski definition) is 2. The number of hydrogen-bond acceptors (Lipinski definition) is 6. The number of nitrogens with zero attached hydrogens (tertiary/aromatic N) is 3. The van der Waals surface area contributed by atoms with Gasteiger partial charge in [0, 0.05) is 30.9 Å². The zero-order valence-corrected chi connectivity index (χ0v) is 35.7. The van der Waals surface area contributed by atoms with Crippen LogP contribution in [0, 0.1) is 38.7 Å². The molecular formula is C53H39N3O4S2. The molecule has 0 aliphatic heterocycles. The minimum atomic E-state index is -1.26. The van der Waals surface area contributed by atoms with E-state index in [1.165, 1.54) is 40.4 Å². The van der Waals surface area contributed by atoms with Crippen molar-refractivity contribution in [3.8, 4) is 6.07 Å². The molecule has 9 heteroatoms. The summed E-state index contributed by atoms with van der Waals surface area (Å²) in [6.07, 6.45) is 7.07.